The normalized spacial score (nSPS) is 12.6. The molecule has 0 radical (unpaired) electrons. The van der Waals surface area contributed by atoms with Crippen LogP contribution in [0, 0.1) is 0 Å². The summed E-state index contributed by atoms with van der Waals surface area (Å²) >= 11 is 0. The van der Waals surface area contributed by atoms with Crippen molar-refractivity contribution < 1.29 is 14.2 Å². The lowest BCUT2D eigenvalue weighted by atomic mass is 10.0. The average molecular weight is 248 g/mol. The number of aliphatic hydroxyl groups excluding tert-OH is 1. The van der Waals surface area contributed by atoms with Crippen molar-refractivity contribution in [1.29, 1.82) is 0 Å². The maximum absolute atomic E-state index is 12.1. The predicted octanol–water partition coefficient (Wildman–Crippen LogP) is 3.63. The van der Waals surface area contributed by atoms with Crippen LogP contribution in [0.3, 0.4) is 0 Å². The third kappa shape index (κ3) is 2.62. The number of aliphatic hydroxyl groups is 1. The van der Waals surface area contributed by atoms with Gasteiger partial charge in [-0.05, 0) is 12.3 Å². The first kappa shape index (κ1) is 12.8. The highest BCUT2D eigenvalue weighted by atomic mass is 19.1. The number of rotatable bonds is 5. The molecule has 1 unspecified atom stereocenters. The Kier molecular flexibility index (Phi) is 4.15. The highest BCUT2D eigenvalue weighted by Gasteiger charge is 2.12. The highest BCUT2D eigenvalue weighted by molar-refractivity contribution is 5.89. The van der Waals surface area contributed by atoms with Gasteiger partial charge in [0, 0.05) is 17.4 Å². The van der Waals surface area contributed by atoms with Crippen LogP contribution >= 0.6 is 0 Å². The number of fused-ring (bicyclic) bond motifs is 1. The molecule has 0 fully saturated rings. The van der Waals surface area contributed by atoms with Gasteiger partial charge in [0.25, 0.3) is 0 Å². The molecule has 0 spiro atoms. The molecule has 0 amide bonds. The Morgan fingerprint density at radius 3 is 2.72 bits per heavy atom. The van der Waals surface area contributed by atoms with Crippen molar-refractivity contribution >= 4 is 10.8 Å². The first-order valence-corrected chi connectivity index (χ1v) is 6.12. The molecule has 0 heterocycles. The molecule has 2 aromatic carbocycles. The van der Waals surface area contributed by atoms with E-state index in [0.29, 0.717) is 18.8 Å². The van der Waals surface area contributed by atoms with Gasteiger partial charge in [0.05, 0.1) is 19.4 Å². The maximum atomic E-state index is 12.1. The molecule has 2 rings (SSSR count). The van der Waals surface area contributed by atoms with Gasteiger partial charge in [-0.25, -0.2) is 0 Å². The number of ether oxygens (including phenoxy) is 1. The Morgan fingerprint density at radius 2 is 2.00 bits per heavy atom. The molecule has 1 N–H and O–H groups in total. The van der Waals surface area contributed by atoms with Crippen molar-refractivity contribution in [3.05, 3.63) is 42.0 Å². The van der Waals surface area contributed by atoms with E-state index < -0.39 is 12.8 Å². The number of benzene rings is 2. The summed E-state index contributed by atoms with van der Waals surface area (Å²) in [4.78, 5) is 0. The lowest BCUT2D eigenvalue weighted by Crippen LogP contribution is -2.03. The third-order valence-electron chi connectivity index (χ3n) is 2.88. The van der Waals surface area contributed by atoms with Crippen molar-refractivity contribution in [2.45, 2.75) is 19.4 Å². The molecule has 3 heteroatoms. The summed E-state index contributed by atoms with van der Waals surface area (Å²) in [6.07, 6.45) is -0.238. The fraction of sp³-hybridized carbons (Fsp3) is 0.333. The second-order valence-electron chi connectivity index (χ2n) is 4.27. The number of alkyl halides is 1. The first-order valence-electron chi connectivity index (χ1n) is 6.12. The minimum atomic E-state index is -0.602. The van der Waals surface area contributed by atoms with E-state index in [4.69, 9.17) is 4.74 Å². The van der Waals surface area contributed by atoms with E-state index in [0.717, 1.165) is 16.3 Å². The van der Waals surface area contributed by atoms with Gasteiger partial charge in [-0.15, -0.1) is 0 Å². The van der Waals surface area contributed by atoms with Gasteiger partial charge in [-0.2, -0.15) is 0 Å². The van der Waals surface area contributed by atoms with Gasteiger partial charge < -0.3 is 9.84 Å². The maximum Gasteiger partial charge on any atom is 0.132 e. The van der Waals surface area contributed by atoms with E-state index in [1.165, 1.54) is 0 Å². The number of hydrogen-bond acceptors (Lipinski definition) is 2. The first-order chi connectivity index (χ1) is 8.74. The zero-order valence-electron chi connectivity index (χ0n) is 10.4. The van der Waals surface area contributed by atoms with E-state index in [-0.39, 0.29) is 0 Å². The fourth-order valence-electron chi connectivity index (χ4n) is 1.98. The lowest BCUT2D eigenvalue weighted by molar-refractivity contribution is 0.191. The lowest BCUT2D eigenvalue weighted by Gasteiger charge is -2.15. The van der Waals surface area contributed by atoms with Crippen molar-refractivity contribution in [2.75, 3.05) is 13.3 Å². The Labute approximate surface area is 106 Å². The quantitative estimate of drug-likeness (QED) is 0.819. The molecule has 96 valence electrons. The van der Waals surface area contributed by atoms with E-state index in [9.17, 15) is 9.50 Å². The number of hydrogen-bond donors (Lipinski definition) is 1. The minimum Gasteiger partial charge on any atom is -0.492 e. The summed E-state index contributed by atoms with van der Waals surface area (Å²) in [7, 11) is 0. The molecule has 2 nitrogen and oxygen atoms in total. The summed E-state index contributed by atoms with van der Waals surface area (Å²) in [5, 5.41) is 11.8. The zero-order chi connectivity index (χ0) is 13.0. The van der Waals surface area contributed by atoms with Gasteiger partial charge in [0.2, 0.25) is 0 Å². The molecule has 2 aromatic rings. The molecule has 18 heavy (non-hydrogen) atoms. The highest BCUT2D eigenvalue weighted by Crippen LogP contribution is 2.33. The molecular weight excluding hydrogens is 231 g/mol. The molecule has 0 saturated heterocycles. The summed E-state index contributed by atoms with van der Waals surface area (Å²) in [5.74, 6) is 0.663. The minimum absolute atomic E-state index is 0.324. The average Bonchev–Trinajstić information content (AvgIpc) is 2.38. The summed E-state index contributed by atoms with van der Waals surface area (Å²) < 4.78 is 17.8. The van der Waals surface area contributed by atoms with Gasteiger partial charge in [0.1, 0.15) is 5.75 Å². The van der Waals surface area contributed by atoms with Crippen molar-refractivity contribution in [3.63, 3.8) is 0 Å². The summed E-state index contributed by atoms with van der Waals surface area (Å²) in [5.41, 5.74) is 0.743. The van der Waals surface area contributed by atoms with Gasteiger partial charge in [0.15, 0.2) is 0 Å². The molecule has 0 saturated carbocycles. The van der Waals surface area contributed by atoms with Gasteiger partial charge >= 0.3 is 0 Å². The molecule has 0 aromatic heterocycles. The van der Waals surface area contributed by atoms with Crippen molar-refractivity contribution in [1.82, 2.24) is 0 Å². The SMILES string of the molecule is CC(O)c1ccc2ccccc2c1OCCCF. The standard InChI is InChI=1S/C15H17FO2/c1-11(17)13-8-7-12-5-2-3-6-14(12)15(13)18-10-4-9-16/h2-3,5-8,11,17H,4,9-10H2,1H3. The Morgan fingerprint density at radius 1 is 1.22 bits per heavy atom. The van der Waals surface area contributed by atoms with Gasteiger partial charge in [-0.1, -0.05) is 36.4 Å². The van der Waals surface area contributed by atoms with E-state index in [1.807, 2.05) is 36.4 Å². The summed E-state index contributed by atoms with van der Waals surface area (Å²) in [6.45, 7) is 1.63. The molecule has 0 bridgehead atoms. The second-order valence-corrected chi connectivity index (χ2v) is 4.27. The van der Waals surface area contributed by atoms with Crippen molar-refractivity contribution in [2.24, 2.45) is 0 Å². The van der Waals surface area contributed by atoms with Crippen LogP contribution in [0.25, 0.3) is 10.8 Å². The van der Waals surface area contributed by atoms with Crippen LogP contribution < -0.4 is 4.74 Å². The zero-order valence-corrected chi connectivity index (χ0v) is 10.4. The van der Waals surface area contributed by atoms with Crippen LogP contribution in [-0.4, -0.2) is 18.4 Å². The molecule has 0 aliphatic rings. The van der Waals surface area contributed by atoms with Crippen LogP contribution in [0.15, 0.2) is 36.4 Å². The van der Waals surface area contributed by atoms with E-state index in [2.05, 4.69) is 0 Å². The topological polar surface area (TPSA) is 29.5 Å². The van der Waals surface area contributed by atoms with Gasteiger partial charge in [-0.3, -0.25) is 4.39 Å². The molecular formula is C15H17FO2. The molecule has 1 atom stereocenters. The molecule has 0 aliphatic heterocycles. The largest absolute Gasteiger partial charge is 0.492 e. The fourth-order valence-corrected chi connectivity index (χ4v) is 1.98. The molecule has 0 aliphatic carbocycles. The monoisotopic (exact) mass is 248 g/mol. The number of halogens is 1. The predicted molar refractivity (Wildman–Crippen MR) is 70.7 cm³/mol. The summed E-state index contributed by atoms with van der Waals surface area (Å²) in [6, 6.07) is 11.6. The smallest absolute Gasteiger partial charge is 0.132 e. The third-order valence-corrected chi connectivity index (χ3v) is 2.88. The Bertz CT molecular complexity index is 523. The Hall–Kier alpha value is -1.61. The van der Waals surface area contributed by atoms with Crippen LogP contribution in [0.5, 0.6) is 5.75 Å². The van der Waals surface area contributed by atoms with Crippen LogP contribution in [0.1, 0.15) is 25.0 Å². The van der Waals surface area contributed by atoms with E-state index in [1.54, 1.807) is 6.92 Å². The Balaban J connectivity index is 2.45. The van der Waals surface area contributed by atoms with Crippen molar-refractivity contribution in [3.8, 4) is 5.75 Å². The van der Waals surface area contributed by atoms with Crippen LogP contribution in [0.4, 0.5) is 4.39 Å². The van der Waals surface area contributed by atoms with Crippen LogP contribution in [-0.2, 0) is 0 Å². The second kappa shape index (κ2) is 5.83. The van der Waals surface area contributed by atoms with Crippen LogP contribution in [0.2, 0.25) is 0 Å². The van der Waals surface area contributed by atoms with E-state index >= 15 is 0 Å².